The molecule has 0 aromatic heterocycles. The van der Waals surface area contributed by atoms with Gasteiger partial charge in [-0.15, -0.1) is 0 Å². The summed E-state index contributed by atoms with van der Waals surface area (Å²) in [6.07, 6.45) is 1.91. The number of nitrogens with two attached hydrogens (primary N) is 1. The molecule has 0 bridgehead atoms. The predicted octanol–water partition coefficient (Wildman–Crippen LogP) is 3.34. The summed E-state index contributed by atoms with van der Waals surface area (Å²) in [4.78, 5) is 24.4. The van der Waals surface area contributed by atoms with E-state index < -0.39 is 10.8 Å². The lowest BCUT2D eigenvalue weighted by molar-refractivity contribution is -0.384. The van der Waals surface area contributed by atoms with E-state index in [0.717, 1.165) is 24.9 Å². The minimum absolute atomic E-state index is 0.0784. The van der Waals surface area contributed by atoms with E-state index >= 15 is 0 Å². The number of hydrogen-bond donors (Lipinski definition) is 1. The Labute approximate surface area is 140 Å². The van der Waals surface area contributed by atoms with Gasteiger partial charge < -0.3 is 10.6 Å². The zero-order chi connectivity index (χ0) is 17.3. The quantitative estimate of drug-likeness (QED) is 0.689. The minimum atomic E-state index is -0.666. The third-order valence-electron chi connectivity index (χ3n) is 4.48. The number of nitrogens with zero attached hydrogens (tertiary/aromatic N) is 2. The lowest BCUT2D eigenvalue weighted by atomic mass is 10.0. The van der Waals surface area contributed by atoms with Gasteiger partial charge >= 0.3 is 0 Å². The summed E-state index contributed by atoms with van der Waals surface area (Å²) >= 11 is 0. The van der Waals surface area contributed by atoms with E-state index in [2.05, 4.69) is 24.3 Å². The van der Waals surface area contributed by atoms with E-state index in [1.807, 2.05) is 11.8 Å². The van der Waals surface area contributed by atoms with E-state index in [0.29, 0.717) is 5.69 Å². The molecule has 2 aromatic rings. The summed E-state index contributed by atoms with van der Waals surface area (Å²) in [6.45, 7) is 2.78. The second kappa shape index (κ2) is 6.31. The van der Waals surface area contributed by atoms with Gasteiger partial charge in [-0.05, 0) is 37.5 Å². The fourth-order valence-electron chi connectivity index (χ4n) is 3.26. The van der Waals surface area contributed by atoms with E-state index in [1.54, 1.807) is 12.1 Å². The van der Waals surface area contributed by atoms with Gasteiger partial charge in [0.2, 0.25) is 5.91 Å². The van der Waals surface area contributed by atoms with Gasteiger partial charge in [-0.25, -0.2) is 0 Å². The first-order chi connectivity index (χ1) is 11.5. The summed E-state index contributed by atoms with van der Waals surface area (Å²) < 4.78 is 0. The topological polar surface area (TPSA) is 89.5 Å². The van der Waals surface area contributed by atoms with Crippen molar-refractivity contribution in [2.24, 2.45) is 5.73 Å². The van der Waals surface area contributed by atoms with E-state index in [1.165, 1.54) is 11.6 Å². The van der Waals surface area contributed by atoms with Crippen LogP contribution in [0.5, 0.6) is 0 Å². The molecule has 1 aliphatic rings. The van der Waals surface area contributed by atoms with Crippen molar-refractivity contribution in [3.05, 3.63) is 69.3 Å². The summed E-state index contributed by atoms with van der Waals surface area (Å²) in [5.74, 6) is -0.666. The number of primary amides is 1. The van der Waals surface area contributed by atoms with Crippen molar-refractivity contribution in [2.75, 3.05) is 11.4 Å². The van der Waals surface area contributed by atoms with Crippen LogP contribution < -0.4 is 10.6 Å². The Kier molecular flexibility index (Phi) is 4.20. The molecule has 1 heterocycles. The Hall–Kier alpha value is -2.89. The zero-order valence-electron chi connectivity index (χ0n) is 13.4. The third kappa shape index (κ3) is 2.95. The number of aryl methyl sites for hydroxylation is 1. The molecule has 3 rings (SSSR count). The van der Waals surface area contributed by atoms with Crippen LogP contribution in [0.25, 0.3) is 0 Å². The molecule has 2 aromatic carbocycles. The van der Waals surface area contributed by atoms with Crippen molar-refractivity contribution in [2.45, 2.75) is 25.8 Å². The average Bonchev–Trinajstić information content (AvgIpc) is 3.04. The Morgan fingerprint density at radius 3 is 2.58 bits per heavy atom. The maximum atomic E-state index is 11.5. The first kappa shape index (κ1) is 16.0. The maximum absolute atomic E-state index is 11.5. The van der Waals surface area contributed by atoms with Crippen molar-refractivity contribution in [3.63, 3.8) is 0 Å². The molecule has 2 N–H and O–H groups in total. The van der Waals surface area contributed by atoms with E-state index in [-0.39, 0.29) is 17.3 Å². The Morgan fingerprint density at radius 1 is 1.25 bits per heavy atom. The van der Waals surface area contributed by atoms with E-state index in [4.69, 9.17) is 5.73 Å². The molecule has 0 spiro atoms. The number of benzene rings is 2. The molecule has 24 heavy (non-hydrogen) atoms. The molecule has 0 aliphatic carbocycles. The summed E-state index contributed by atoms with van der Waals surface area (Å²) in [6, 6.07) is 12.8. The fraction of sp³-hybridized carbons (Fsp3) is 0.278. The highest BCUT2D eigenvalue weighted by Crippen LogP contribution is 2.40. The molecule has 1 amide bonds. The van der Waals surface area contributed by atoms with Gasteiger partial charge in [-0.3, -0.25) is 14.9 Å². The smallest absolute Gasteiger partial charge is 0.293 e. The van der Waals surface area contributed by atoms with Gasteiger partial charge in [0.25, 0.3) is 5.69 Å². The fourth-order valence-corrected chi connectivity index (χ4v) is 3.26. The molecular formula is C18H19N3O3. The molecule has 124 valence electrons. The largest absolute Gasteiger partial charge is 0.366 e. The van der Waals surface area contributed by atoms with Gasteiger partial charge in [-0.1, -0.05) is 29.8 Å². The standard InChI is InChI=1S/C18H19N3O3/c1-12-4-6-13(7-5-12)15-3-2-10-20(15)16-9-8-14(18(19)22)11-17(16)21(23)24/h4-9,11,15H,2-3,10H2,1H3,(H2,19,22). The minimum Gasteiger partial charge on any atom is -0.366 e. The van der Waals surface area contributed by atoms with Crippen LogP contribution in [-0.4, -0.2) is 17.4 Å². The highest BCUT2D eigenvalue weighted by Gasteiger charge is 2.31. The first-order valence-corrected chi connectivity index (χ1v) is 7.89. The Balaban J connectivity index is 2.02. The van der Waals surface area contributed by atoms with Crippen LogP contribution in [0.3, 0.4) is 0 Å². The molecule has 1 unspecified atom stereocenters. The summed E-state index contributed by atoms with van der Waals surface area (Å²) in [5.41, 5.74) is 8.18. The number of rotatable bonds is 4. The predicted molar refractivity (Wildman–Crippen MR) is 92.1 cm³/mol. The second-order valence-electron chi connectivity index (χ2n) is 6.09. The summed E-state index contributed by atoms with van der Waals surface area (Å²) in [7, 11) is 0. The van der Waals surface area contributed by atoms with Crippen LogP contribution in [-0.2, 0) is 0 Å². The molecule has 6 nitrogen and oxygen atoms in total. The Morgan fingerprint density at radius 2 is 1.96 bits per heavy atom. The first-order valence-electron chi connectivity index (χ1n) is 7.89. The molecule has 1 atom stereocenters. The number of anilines is 1. The van der Waals surface area contributed by atoms with Gasteiger partial charge in [0.15, 0.2) is 0 Å². The van der Waals surface area contributed by atoms with Crippen LogP contribution in [0.15, 0.2) is 42.5 Å². The van der Waals surface area contributed by atoms with Crippen molar-refractivity contribution in [1.82, 2.24) is 0 Å². The maximum Gasteiger partial charge on any atom is 0.293 e. The van der Waals surface area contributed by atoms with Crippen molar-refractivity contribution >= 4 is 17.3 Å². The van der Waals surface area contributed by atoms with Gasteiger partial charge in [0.1, 0.15) is 5.69 Å². The highest BCUT2D eigenvalue weighted by molar-refractivity contribution is 5.94. The van der Waals surface area contributed by atoms with Crippen LogP contribution in [0.1, 0.15) is 40.4 Å². The van der Waals surface area contributed by atoms with Crippen molar-refractivity contribution < 1.29 is 9.72 Å². The molecule has 1 fully saturated rings. The number of nitro groups is 1. The second-order valence-corrected chi connectivity index (χ2v) is 6.09. The van der Waals surface area contributed by atoms with Crippen LogP contribution in [0.2, 0.25) is 0 Å². The lowest BCUT2D eigenvalue weighted by Crippen LogP contribution is -2.24. The molecule has 0 saturated carbocycles. The van der Waals surface area contributed by atoms with Crippen LogP contribution in [0.4, 0.5) is 11.4 Å². The van der Waals surface area contributed by atoms with E-state index in [9.17, 15) is 14.9 Å². The lowest BCUT2D eigenvalue weighted by Gasteiger charge is -2.27. The SMILES string of the molecule is Cc1ccc(C2CCCN2c2ccc(C(N)=O)cc2[N+](=O)[O-])cc1. The number of carbonyl (C=O) groups is 1. The number of hydrogen-bond acceptors (Lipinski definition) is 4. The van der Waals surface area contributed by atoms with Crippen molar-refractivity contribution in [1.29, 1.82) is 0 Å². The molecule has 0 radical (unpaired) electrons. The van der Waals surface area contributed by atoms with Gasteiger partial charge in [0.05, 0.1) is 11.0 Å². The molecule has 1 saturated heterocycles. The number of nitro benzene ring substituents is 1. The third-order valence-corrected chi connectivity index (χ3v) is 4.48. The normalized spacial score (nSPS) is 17.0. The average molecular weight is 325 g/mol. The zero-order valence-corrected chi connectivity index (χ0v) is 13.4. The highest BCUT2D eigenvalue weighted by atomic mass is 16.6. The van der Waals surface area contributed by atoms with Crippen LogP contribution in [0, 0.1) is 17.0 Å². The molecular weight excluding hydrogens is 306 g/mol. The molecule has 6 heteroatoms. The summed E-state index contributed by atoms with van der Waals surface area (Å²) in [5, 5.41) is 11.5. The monoisotopic (exact) mass is 325 g/mol. The van der Waals surface area contributed by atoms with Crippen molar-refractivity contribution in [3.8, 4) is 0 Å². The van der Waals surface area contributed by atoms with Crippen LogP contribution >= 0.6 is 0 Å². The number of amides is 1. The molecule has 1 aliphatic heterocycles. The Bertz CT molecular complexity index is 787. The van der Waals surface area contributed by atoms with Gasteiger partial charge in [-0.2, -0.15) is 0 Å². The number of carbonyl (C=O) groups excluding carboxylic acids is 1. The van der Waals surface area contributed by atoms with Gasteiger partial charge in [0, 0.05) is 18.2 Å².